The SMILES string of the molecule is N#C/C(=C/NCc1ccc(Br)cc1)C(=O)Nc1ccc(N)cc1Cl. The molecule has 0 aliphatic carbocycles. The molecule has 0 radical (unpaired) electrons. The van der Waals surface area contributed by atoms with Crippen LogP contribution in [0.1, 0.15) is 5.56 Å². The summed E-state index contributed by atoms with van der Waals surface area (Å²) in [5.41, 5.74) is 7.45. The lowest BCUT2D eigenvalue weighted by Gasteiger charge is -2.07. The molecule has 0 saturated heterocycles. The number of nitriles is 1. The number of halogens is 2. The zero-order valence-corrected chi connectivity index (χ0v) is 14.9. The Morgan fingerprint density at radius 2 is 2.00 bits per heavy atom. The van der Waals surface area contributed by atoms with Crippen molar-refractivity contribution in [3.63, 3.8) is 0 Å². The fourth-order valence-electron chi connectivity index (χ4n) is 1.84. The van der Waals surface area contributed by atoms with E-state index in [1.54, 1.807) is 12.1 Å². The summed E-state index contributed by atoms with van der Waals surface area (Å²) in [5, 5.41) is 15.0. The second-order valence-electron chi connectivity index (χ2n) is 4.87. The first-order chi connectivity index (χ1) is 11.5. The molecule has 0 saturated carbocycles. The first-order valence-electron chi connectivity index (χ1n) is 6.94. The van der Waals surface area contributed by atoms with Gasteiger partial charge in [-0.1, -0.05) is 39.7 Å². The van der Waals surface area contributed by atoms with Gasteiger partial charge in [0.05, 0.1) is 10.7 Å². The Hall–Kier alpha value is -2.49. The number of rotatable bonds is 5. The summed E-state index contributed by atoms with van der Waals surface area (Å²) in [6.07, 6.45) is 1.38. The molecule has 0 heterocycles. The van der Waals surface area contributed by atoms with E-state index in [1.807, 2.05) is 30.3 Å². The average Bonchev–Trinajstić information content (AvgIpc) is 2.56. The van der Waals surface area contributed by atoms with Crippen molar-refractivity contribution in [2.75, 3.05) is 11.1 Å². The average molecular weight is 406 g/mol. The van der Waals surface area contributed by atoms with Crippen LogP contribution in [0.4, 0.5) is 11.4 Å². The number of anilines is 2. The lowest BCUT2D eigenvalue weighted by molar-refractivity contribution is -0.112. The Balaban J connectivity index is 2.00. The van der Waals surface area contributed by atoms with Crippen LogP contribution in [0, 0.1) is 11.3 Å². The number of nitrogen functional groups attached to an aromatic ring is 1. The summed E-state index contributed by atoms with van der Waals surface area (Å²) < 4.78 is 0.985. The van der Waals surface area contributed by atoms with Crippen LogP contribution >= 0.6 is 27.5 Å². The summed E-state index contributed by atoms with van der Waals surface area (Å²) in [6, 6.07) is 14.3. The minimum atomic E-state index is -0.549. The van der Waals surface area contributed by atoms with Gasteiger partial charge in [-0.2, -0.15) is 5.26 Å². The second-order valence-corrected chi connectivity index (χ2v) is 6.19. The first-order valence-corrected chi connectivity index (χ1v) is 8.11. The van der Waals surface area contributed by atoms with E-state index in [1.165, 1.54) is 12.3 Å². The molecule has 24 heavy (non-hydrogen) atoms. The molecule has 0 aliphatic rings. The number of nitrogens with zero attached hydrogens (tertiary/aromatic N) is 1. The first kappa shape index (κ1) is 17.9. The largest absolute Gasteiger partial charge is 0.399 e. The van der Waals surface area contributed by atoms with Crippen LogP contribution in [-0.4, -0.2) is 5.91 Å². The van der Waals surface area contributed by atoms with Gasteiger partial charge in [-0.3, -0.25) is 4.79 Å². The highest BCUT2D eigenvalue weighted by molar-refractivity contribution is 9.10. The Kier molecular flexibility index (Phi) is 6.24. The molecule has 0 fully saturated rings. The number of benzene rings is 2. The molecule has 2 rings (SSSR count). The van der Waals surface area contributed by atoms with Crippen molar-refractivity contribution in [3.05, 3.63) is 69.3 Å². The van der Waals surface area contributed by atoms with E-state index in [0.717, 1.165) is 10.0 Å². The van der Waals surface area contributed by atoms with Gasteiger partial charge in [0.2, 0.25) is 0 Å². The molecular weight excluding hydrogens is 392 g/mol. The highest BCUT2D eigenvalue weighted by atomic mass is 79.9. The fraction of sp³-hybridized carbons (Fsp3) is 0.0588. The highest BCUT2D eigenvalue weighted by Gasteiger charge is 2.11. The van der Waals surface area contributed by atoms with Crippen LogP contribution in [0.25, 0.3) is 0 Å². The summed E-state index contributed by atoms with van der Waals surface area (Å²) in [6.45, 7) is 0.494. The van der Waals surface area contributed by atoms with Crippen LogP contribution in [0.2, 0.25) is 5.02 Å². The molecule has 5 nitrogen and oxygen atoms in total. The van der Waals surface area contributed by atoms with Gasteiger partial charge in [-0.25, -0.2) is 0 Å². The molecule has 1 amide bonds. The molecule has 0 bridgehead atoms. The van der Waals surface area contributed by atoms with Gasteiger partial charge in [0, 0.05) is 22.9 Å². The van der Waals surface area contributed by atoms with Crippen molar-refractivity contribution in [2.24, 2.45) is 0 Å². The van der Waals surface area contributed by atoms with E-state index in [2.05, 4.69) is 26.6 Å². The Morgan fingerprint density at radius 1 is 1.29 bits per heavy atom. The van der Waals surface area contributed by atoms with Gasteiger partial charge < -0.3 is 16.4 Å². The van der Waals surface area contributed by atoms with Gasteiger partial charge in [-0.05, 0) is 35.9 Å². The zero-order chi connectivity index (χ0) is 17.5. The van der Waals surface area contributed by atoms with Crippen molar-refractivity contribution in [1.82, 2.24) is 5.32 Å². The van der Waals surface area contributed by atoms with Gasteiger partial charge in [0.15, 0.2) is 0 Å². The van der Waals surface area contributed by atoms with Crippen molar-refractivity contribution in [3.8, 4) is 6.07 Å². The van der Waals surface area contributed by atoms with Gasteiger partial charge in [0.1, 0.15) is 11.6 Å². The minimum Gasteiger partial charge on any atom is -0.399 e. The molecule has 122 valence electrons. The normalized spacial score (nSPS) is 10.8. The maximum absolute atomic E-state index is 12.1. The van der Waals surface area contributed by atoms with Crippen molar-refractivity contribution in [2.45, 2.75) is 6.54 Å². The summed E-state index contributed by atoms with van der Waals surface area (Å²) in [4.78, 5) is 12.1. The molecule has 2 aromatic carbocycles. The van der Waals surface area contributed by atoms with Crippen LogP contribution in [0.5, 0.6) is 0 Å². The van der Waals surface area contributed by atoms with E-state index in [0.29, 0.717) is 22.9 Å². The Labute approximate surface area is 153 Å². The van der Waals surface area contributed by atoms with Gasteiger partial charge in [-0.15, -0.1) is 0 Å². The van der Waals surface area contributed by atoms with E-state index >= 15 is 0 Å². The maximum Gasteiger partial charge on any atom is 0.267 e. The number of amides is 1. The molecular formula is C17H14BrClN4O. The smallest absolute Gasteiger partial charge is 0.267 e. The second kappa shape index (κ2) is 8.39. The summed E-state index contributed by atoms with van der Waals surface area (Å²) in [5.74, 6) is -0.549. The predicted molar refractivity (Wildman–Crippen MR) is 99.2 cm³/mol. The van der Waals surface area contributed by atoms with E-state index < -0.39 is 5.91 Å². The number of hydrogen-bond acceptors (Lipinski definition) is 4. The third kappa shape index (κ3) is 5.01. The molecule has 0 unspecified atom stereocenters. The fourth-order valence-corrected chi connectivity index (χ4v) is 2.34. The molecule has 0 spiro atoms. The number of nitrogens with one attached hydrogen (secondary N) is 2. The monoisotopic (exact) mass is 404 g/mol. The topological polar surface area (TPSA) is 90.9 Å². The van der Waals surface area contributed by atoms with Crippen LogP contribution < -0.4 is 16.4 Å². The number of nitrogens with two attached hydrogens (primary N) is 1. The lowest BCUT2D eigenvalue weighted by Crippen LogP contribution is -2.17. The van der Waals surface area contributed by atoms with Gasteiger partial charge in [0.25, 0.3) is 5.91 Å². The summed E-state index contributed by atoms with van der Waals surface area (Å²) >= 11 is 9.36. The predicted octanol–water partition coefficient (Wildman–Crippen LogP) is 3.82. The summed E-state index contributed by atoms with van der Waals surface area (Å²) in [7, 11) is 0. The number of carbonyl (C=O) groups excluding carboxylic acids is 1. The standard InChI is InChI=1S/C17H14BrClN4O/c18-13-3-1-11(2-4-13)9-22-10-12(8-20)17(24)23-16-6-5-14(21)7-15(16)19/h1-7,10,22H,9,21H2,(H,23,24)/b12-10-. The van der Waals surface area contributed by atoms with Gasteiger partial charge >= 0.3 is 0 Å². The van der Waals surface area contributed by atoms with E-state index in [-0.39, 0.29) is 5.57 Å². The molecule has 0 aromatic heterocycles. The number of carbonyl (C=O) groups is 1. The third-order valence-corrected chi connectivity index (χ3v) is 3.91. The van der Waals surface area contributed by atoms with Crippen LogP contribution in [0.3, 0.4) is 0 Å². The highest BCUT2D eigenvalue weighted by Crippen LogP contribution is 2.24. The van der Waals surface area contributed by atoms with Crippen molar-refractivity contribution < 1.29 is 4.79 Å². The zero-order valence-electron chi connectivity index (χ0n) is 12.5. The molecule has 4 N–H and O–H groups in total. The molecule has 0 atom stereocenters. The van der Waals surface area contributed by atoms with Crippen LogP contribution in [-0.2, 0) is 11.3 Å². The molecule has 2 aromatic rings. The van der Waals surface area contributed by atoms with Crippen molar-refractivity contribution >= 4 is 44.8 Å². The lowest BCUT2D eigenvalue weighted by atomic mass is 10.2. The minimum absolute atomic E-state index is 0.0556. The van der Waals surface area contributed by atoms with Crippen molar-refractivity contribution in [1.29, 1.82) is 5.26 Å². The third-order valence-electron chi connectivity index (χ3n) is 3.07. The number of hydrogen-bond donors (Lipinski definition) is 3. The van der Waals surface area contributed by atoms with E-state index in [4.69, 9.17) is 22.6 Å². The Morgan fingerprint density at radius 3 is 2.62 bits per heavy atom. The maximum atomic E-state index is 12.1. The van der Waals surface area contributed by atoms with E-state index in [9.17, 15) is 4.79 Å². The Bertz CT molecular complexity index is 812. The molecule has 7 heteroatoms. The molecule has 0 aliphatic heterocycles. The van der Waals surface area contributed by atoms with Crippen LogP contribution in [0.15, 0.2) is 58.7 Å². The quantitative estimate of drug-likeness (QED) is 0.401.